The van der Waals surface area contributed by atoms with Crippen LogP contribution in [0.5, 0.6) is 0 Å². The molecule has 2 heterocycles. The van der Waals surface area contributed by atoms with Crippen LogP contribution in [0.3, 0.4) is 0 Å². The van der Waals surface area contributed by atoms with Gasteiger partial charge in [-0.05, 0) is 38.3 Å². The quantitative estimate of drug-likeness (QED) is 0.736. The van der Waals surface area contributed by atoms with Crippen molar-refractivity contribution in [1.29, 1.82) is 0 Å². The van der Waals surface area contributed by atoms with Gasteiger partial charge < -0.3 is 4.90 Å². The van der Waals surface area contributed by atoms with Crippen LogP contribution < -0.4 is 0 Å². The number of rotatable bonds is 5. The molecule has 1 aromatic heterocycles. The van der Waals surface area contributed by atoms with Crippen LogP contribution in [0.2, 0.25) is 5.02 Å². The Kier molecular flexibility index (Phi) is 5.86. The van der Waals surface area contributed by atoms with E-state index in [1.54, 1.807) is 35.6 Å². The number of nitrogens with zero attached hydrogens (tertiary/aromatic N) is 2. The number of benzene rings is 1. The Balaban J connectivity index is 1.59. The second-order valence-electron chi connectivity index (χ2n) is 6.41. The minimum atomic E-state index is -0.138. The summed E-state index contributed by atoms with van der Waals surface area (Å²) in [6.45, 7) is 3.21. The van der Waals surface area contributed by atoms with E-state index >= 15 is 0 Å². The number of piperidine rings is 1. The molecule has 0 N–H and O–H groups in total. The summed E-state index contributed by atoms with van der Waals surface area (Å²) >= 11 is 7.58. The largest absolute Gasteiger partial charge is 0.342 e. The number of likely N-dealkylation sites (tertiary alicyclic amines) is 1. The smallest absolute Gasteiger partial charge is 0.222 e. The van der Waals surface area contributed by atoms with Gasteiger partial charge in [0.05, 0.1) is 11.2 Å². The van der Waals surface area contributed by atoms with Gasteiger partial charge in [0.15, 0.2) is 5.78 Å². The summed E-state index contributed by atoms with van der Waals surface area (Å²) in [5.41, 5.74) is 3.45. The van der Waals surface area contributed by atoms with Crippen LogP contribution in [0.1, 0.15) is 40.2 Å². The third-order valence-electron chi connectivity index (χ3n) is 4.66. The van der Waals surface area contributed by atoms with Crippen LogP contribution in [0.4, 0.5) is 0 Å². The normalized spacial score (nSPS) is 17.5. The maximum Gasteiger partial charge on any atom is 0.222 e. The molecule has 1 atom stereocenters. The third kappa shape index (κ3) is 4.47. The number of thiazole rings is 1. The molecule has 25 heavy (non-hydrogen) atoms. The first-order valence-electron chi connectivity index (χ1n) is 8.51. The van der Waals surface area contributed by atoms with Gasteiger partial charge in [0, 0.05) is 40.9 Å². The monoisotopic (exact) mass is 376 g/mol. The third-order valence-corrected chi connectivity index (χ3v) is 5.89. The molecule has 1 aliphatic rings. The zero-order valence-electron chi connectivity index (χ0n) is 14.2. The molecule has 1 aliphatic heterocycles. The lowest BCUT2D eigenvalue weighted by molar-refractivity contribution is -0.132. The number of ketones is 1. The second-order valence-corrected chi connectivity index (χ2v) is 7.79. The van der Waals surface area contributed by atoms with Crippen molar-refractivity contribution in [2.75, 3.05) is 13.1 Å². The van der Waals surface area contributed by atoms with Crippen molar-refractivity contribution in [2.45, 2.75) is 32.6 Å². The molecular formula is C19H21ClN2O2S. The number of carbonyl (C=O) groups excluding carboxylic acids is 2. The van der Waals surface area contributed by atoms with Gasteiger partial charge in [0.1, 0.15) is 0 Å². The number of carbonyl (C=O) groups is 2. The SMILES string of the molecule is Cc1ncsc1CCC(=O)N1CCC[C@H](C(=O)c2cccc(Cl)c2)C1. The number of aromatic nitrogens is 1. The Morgan fingerprint density at radius 1 is 1.40 bits per heavy atom. The number of aryl methyl sites for hydroxylation is 2. The molecule has 3 rings (SSSR count). The van der Waals surface area contributed by atoms with E-state index in [2.05, 4.69) is 4.98 Å². The summed E-state index contributed by atoms with van der Waals surface area (Å²) in [6.07, 6.45) is 2.88. The summed E-state index contributed by atoms with van der Waals surface area (Å²) in [5.74, 6) is 0.0657. The summed E-state index contributed by atoms with van der Waals surface area (Å²) in [4.78, 5) is 32.5. The fraction of sp³-hybridized carbons (Fsp3) is 0.421. The summed E-state index contributed by atoms with van der Waals surface area (Å²) < 4.78 is 0. The van der Waals surface area contributed by atoms with Crippen molar-refractivity contribution in [2.24, 2.45) is 5.92 Å². The Morgan fingerprint density at radius 3 is 2.96 bits per heavy atom. The first-order chi connectivity index (χ1) is 12.0. The summed E-state index contributed by atoms with van der Waals surface area (Å²) in [7, 11) is 0. The van der Waals surface area contributed by atoms with E-state index in [-0.39, 0.29) is 17.6 Å². The minimum Gasteiger partial charge on any atom is -0.342 e. The van der Waals surface area contributed by atoms with Crippen LogP contribution in [-0.4, -0.2) is 34.7 Å². The summed E-state index contributed by atoms with van der Waals surface area (Å²) in [6, 6.07) is 7.05. The lowest BCUT2D eigenvalue weighted by Crippen LogP contribution is -2.42. The zero-order valence-corrected chi connectivity index (χ0v) is 15.8. The average Bonchev–Trinajstić information content (AvgIpc) is 3.04. The highest BCUT2D eigenvalue weighted by Crippen LogP contribution is 2.23. The van der Waals surface area contributed by atoms with E-state index in [1.165, 1.54) is 0 Å². The highest BCUT2D eigenvalue weighted by molar-refractivity contribution is 7.09. The van der Waals surface area contributed by atoms with Crippen molar-refractivity contribution in [1.82, 2.24) is 9.88 Å². The number of hydrogen-bond acceptors (Lipinski definition) is 4. The van der Waals surface area contributed by atoms with Crippen molar-refractivity contribution >= 4 is 34.6 Å². The predicted octanol–water partition coefficient (Wildman–Crippen LogP) is 4.16. The summed E-state index contributed by atoms with van der Waals surface area (Å²) in [5, 5.41) is 0.564. The van der Waals surface area contributed by atoms with E-state index in [9.17, 15) is 9.59 Å². The van der Waals surface area contributed by atoms with Gasteiger partial charge in [0.25, 0.3) is 0 Å². The van der Waals surface area contributed by atoms with Crippen molar-refractivity contribution in [3.63, 3.8) is 0 Å². The van der Waals surface area contributed by atoms with Crippen LogP contribution in [0, 0.1) is 12.8 Å². The van der Waals surface area contributed by atoms with Gasteiger partial charge in [-0.2, -0.15) is 0 Å². The molecule has 1 aromatic carbocycles. The van der Waals surface area contributed by atoms with Crippen LogP contribution in [0.25, 0.3) is 0 Å². The standard InChI is InChI=1S/C19H21ClN2O2S/c1-13-17(25-12-21-13)7-8-18(23)22-9-3-5-15(11-22)19(24)14-4-2-6-16(20)10-14/h2,4,6,10,12,15H,3,5,7-9,11H2,1H3/t15-/m0/s1. The van der Waals surface area contributed by atoms with E-state index in [0.29, 0.717) is 23.6 Å². The lowest BCUT2D eigenvalue weighted by Gasteiger charge is -2.32. The molecule has 0 aliphatic carbocycles. The van der Waals surface area contributed by atoms with Crippen molar-refractivity contribution in [3.8, 4) is 0 Å². The molecule has 1 fully saturated rings. The average molecular weight is 377 g/mol. The molecule has 0 saturated carbocycles. The predicted molar refractivity (Wildman–Crippen MR) is 100 cm³/mol. The molecule has 0 spiro atoms. The Labute approximate surface area is 156 Å². The molecule has 6 heteroatoms. The second kappa shape index (κ2) is 8.11. The van der Waals surface area contributed by atoms with E-state index in [4.69, 9.17) is 11.6 Å². The molecule has 1 amide bonds. The minimum absolute atomic E-state index is 0.0818. The van der Waals surface area contributed by atoms with Crippen LogP contribution in [-0.2, 0) is 11.2 Å². The van der Waals surface area contributed by atoms with Gasteiger partial charge >= 0.3 is 0 Å². The van der Waals surface area contributed by atoms with E-state index in [0.717, 1.165) is 36.4 Å². The van der Waals surface area contributed by atoms with E-state index in [1.807, 2.05) is 17.3 Å². The van der Waals surface area contributed by atoms with Crippen molar-refractivity contribution < 1.29 is 9.59 Å². The number of Topliss-reactive ketones (excluding diaryl/α,β-unsaturated/α-hetero) is 1. The van der Waals surface area contributed by atoms with Gasteiger partial charge in [-0.3, -0.25) is 9.59 Å². The Bertz CT molecular complexity index is 774. The van der Waals surface area contributed by atoms with Gasteiger partial charge in [-0.1, -0.05) is 23.7 Å². The molecule has 1 saturated heterocycles. The molecule has 0 radical (unpaired) electrons. The molecular weight excluding hydrogens is 356 g/mol. The highest BCUT2D eigenvalue weighted by Gasteiger charge is 2.29. The first-order valence-corrected chi connectivity index (χ1v) is 9.77. The Hall–Kier alpha value is -1.72. The van der Waals surface area contributed by atoms with E-state index < -0.39 is 0 Å². The maximum atomic E-state index is 12.7. The maximum absolute atomic E-state index is 12.7. The molecule has 0 bridgehead atoms. The van der Waals surface area contributed by atoms with Gasteiger partial charge in [0.2, 0.25) is 5.91 Å². The first kappa shape index (κ1) is 18.1. The molecule has 0 unspecified atom stereocenters. The number of halogens is 1. The van der Waals surface area contributed by atoms with Crippen LogP contribution in [0.15, 0.2) is 29.8 Å². The number of amides is 1. The van der Waals surface area contributed by atoms with Gasteiger partial charge in [-0.25, -0.2) is 4.98 Å². The fourth-order valence-electron chi connectivity index (χ4n) is 3.24. The molecule has 2 aromatic rings. The molecule has 132 valence electrons. The van der Waals surface area contributed by atoms with Crippen molar-refractivity contribution in [3.05, 3.63) is 50.9 Å². The van der Waals surface area contributed by atoms with Crippen LogP contribution >= 0.6 is 22.9 Å². The lowest BCUT2D eigenvalue weighted by atomic mass is 9.90. The van der Waals surface area contributed by atoms with Gasteiger partial charge in [-0.15, -0.1) is 11.3 Å². The zero-order chi connectivity index (χ0) is 17.8. The Morgan fingerprint density at radius 2 is 2.24 bits per heavy atom. The highest BCUT2D eigenvalue weighted by atomic mass is 35.5. The number of hydrogen-bond donors (Lipinski definition) is 0. The topological polar surface area (TPSA) is 50.3 Å². The molecule has 4 nitrogen and oxygen atoms in total. The fourth-order valence-corrected chi connectivity index (χ4v) is 4.21.